The van der Waals surface area contributed by atoms with Crippen molar-refractivity contribution in [3.8, 4) is 5.88 Å². The molecule has 0 bridgehead atoms. The van der Waals surface area contributed by atoms with E-state index in [1.54, 1.807) is 18.3 Å². The molecule has 1 amide bonds. The minimum atomic E-state index is -0.583. The Labute approximate surface area is 93.2 Å². The Morgan fingerprint density at radius 3 is 3.12 bits per heavy atom. The molecule has 6 nitrogen and oxygen atoms in total. The van der Waals surface area contributed by atoms with E-state index in [1.807, 2.05) is 0 Å². The van der Waals surface area contributed by atoms with Gasteiger partial charge in [-0.3, -0.25) is 0 Å². The molecule has 6 heteroatoms. The zero-order chi connectivity index (χ0) is 11.8. The van der Waals surface area contributed by atoms with Crippen LogP contribution in [0.5, 0.6) is 5.88 Å². The fraction of sp³-hybridized carbons (Fsp3) is 0.400. The highest BCUT2D eigenvalue weighted by Crippen LogP contribution is 2.12. The summed E-state index contributed by atoms with van der Waals surface area (Å²) in [5.41, 5.74) is 0.756. The van der Waals surface area contributed by atoms with Crippen molar-refractivity contribution in [3.63, 3.8) is 0 Å². The van der Waals surface area contributed by atoms with Crippen LogP contribution in [0.4, 0.5) is 4.79 Å². The maximum absolute atomic E-state index is 11.1. The Balaban J connectivity index is 2.44. The van der Waals surface area contributed by atoms with Crippen LogP contribution in [0.2, 0.25) is 0 Å². The Hall–Kier alpha value is -1.82. The topological polar surface area (TPSA) is 80.7 Å². The quantitative estimate of drug-likeness (QED) is 0.755. The highest BCUT2D eigenvalue weighted by atomic mass is 16.6. The Morgan fingerprint density at radius 1 is 1.62 bits per heavy atom. The number of rotatable bonds is 5. The number of hydrogen-bond acceptors (Lipinski definition) is 5. The van der Waals surface area contributed by atoms with Crippen LogP contribution in [0.25, 0.3) is 0 Å². The van der Waals surface area contributed by atoms with Gasteiger partial charge in [0.15, 0.2) is 0 Å². The first-order chi connectivity index (χ1) is 7.77. The normalized spacial score (nSPS) is 9.62. The summed E-state index contributed by atoms with van der Waals surface area (Å²) in [4.78, 5) is 15.1. The van der Waals surface area contributed by atoms with Crippen molar-refractivity contribution in [2.75, 3.05) is 20.3 Å². The van der Waals surface area contributed by atoms with Crippen molar-refractivity contribution in [1.29, 1.82) is 0 Å². The summed E-state index contributed by atoms with van der Waals surface area (Å²) < 4.78 is 9.64. The van der Waals surface area contributed by atoms with E-state index in [0.717, 1.165) is 5.56 Å². The van der Waals surface area contributed by atoms with Crippen molar-refractivity contribution >= 4 is 6.09 Å². The number of methoxy groups -OCH3 is 1. The molecule has 0 fully saturated rings. The molecule has 0 spiro atoms. The lowest BCUT2D eigenvalue weighted by Gasteiger charge is -2.08. The lowest BCUT2D eigenvalue weighted by molar-refractivity contribution is 0.118. The van der Waals surface area contributed by atoms with E-state index in [0.29, 0.717) is 5.88 Å². The number of aliphatic hydroxyl groups is 1. The third kappa shape index (κ3) is 3.74. The molecule has 0 saturated carbocycles. The highest BCUT2D eigenvalue weighted by molar-refractivity contribution is 5.67. The number of nitrogens with one attached hydrogen (secondary N) is 1. The predicted octanol–water partition coefficient (Wildman–Crippen LogP) is 0.309. The van der Waals surface area contributed by atoms with E-state index >= 15 is 0 Å². The van der Waals surface area contributed by atoms with E-state index in [-0.39, 0.29) is 19.8 Å². The van der Waals surface area contributed by atoms with Gasteiger partial charge in [0, 0.05) is 11.8 Å². The number of nitrogens with zero attached hydrogens (tertiary/aromatic N) is 1. The fourth-order valence-corrected chi connectivity index (χ4v) is 1.10. The van der Waals surface area contributed by atoms with Crippen LogP contribution in [0.3, 0.4) is 0 Å². The summed E-state index contributed by atoms with van der Waals surface area (Å²) in [6.07, 6.45) is 1.02. The number of pyridine rings is 1. The average Bonchev–Trinajstić information content (AvgIpc) is 2.34. The Kier molecular flexibility index (Phi) is 5.07. The van der Waals surface area contributed by atoms with Gasteiger partial charge in [0.05, 0.1) is 20.3 Å². The summed E-state index contributed by atoms with van der Waals surface area (Å²) >= 11 is 0. The number of ether oxygens (including phenoxy) is 2. The molecule has 1 aromatic rings. The first kappa shape index (κ1) is 12.3. The molecule has 88 valence electrons. The molecule has 1 aromatic heterocycles. The predicted molar refractivity (Wildman–Crippen MR) is 56.1 cm³/mol. The number of amides is 1. The number of hydrogen-bond donors (Lipinski definition) is 2. The largest absolute Gasteiger partial charge is 0.481 e. The smallest absolute Gasteiger partial charge is 0.407 e. The minimum absolute atomic E-state index is 0.0178. The van der Waals surface area contributed by atoms with Crippen LogP contribution in [0.15, 0.2) is 18.3 Å². The van der Waals surface area contributed by atoms with E-state index in [1.165, 1.54) is 7.11 Å². The number of carbonyl (C=O) groups is 1. The molecule has 0 aliphatic rings. The van der Waals surface area contributed by atoms with Gasteiger partial charge < -0.3 is 19.9 Å². The van der Waals surface area contributed by atoms with Gasteiger partial charge >= 0.3 is 6.09 Å². The van der Waals surface area contributed by atoms with Gasteiger partial charge in [0.25, 0.3) is 0 Å². The van der Waals surface area contributed by atoms with Crippen LogP contribution in [-0.4, -0.2) is 36.5 Å². The monoisotopic (exact) mass is 226 g/mol. The zero-order valence-corrected chi connectivity index (χ0v) is 8.97. The molecule has 0 aromatic carbocycles. The summed E-state index contributed by atoms with van der Waals surface area (Å²) in [6, 6.07) is 3.54. The summed E-state index contributed by atoms with van der Waals surface area (Å²) in [5, 5.41) is 11.0. The van der Waals surface area contributed by atoms with Crippen molar-refractivity contribution in [2.45, 2.75) is 6.54 Å². The third-order valence-corrected chi connectivity index (χ3v) is 1.79. The fourth-order valence-electron chi connectivity index (χ4n) is 1.10. The van der Waals surface area contributed by atoms with E-state index < -0.39 is 6.09 Å². The van der Waals surface area contributed by atoms with Gasteiger partial charge in [0.2, 0.25) is 5.88 Å². The molecule has 0 atom stereocenters. The van der Waals surface area contributed by atoms with E-state index in [2.05, 4.69) is 15.0 Å². The molecule has 0 unspecified atom stereocenters. The molecule has 0 saturated heterocycles. The second-order valence-corrected chi connectivity index (χ2v) is 2.88. The standard InChI is InChI=1S/C10H14N2O4/c1-15-9-8(3-2-4-11-9)7-12-10(14)16-6-5-13/h2-4,13H,5-7H2,1H3,(H,12,14). The molecule has 0 aliphatic heterocycles. The first-order valence-electron chi connectivity index (χ1n) is 4.77. The minimum Gasteiger partial charge on any atom is -0.481 e. The SMILES string of the molecule is COc1ncccc1CNC(=O)OCCO. The molecule has 16 heavy (non-hydrogen) atoms. The van der Waals surface area contributed by atoms with Gasteiger partial charge in [-0.25, -0.2) is 9.78 Å². The Bertz CT molecular complexity index is 343. The van der Waals surface area contributed by atoms with Crippen LogP contribution in [0, 0.1) is 0 Å². The molecule has 0 aliphatic carbocycles. The van der Waals surface area contributed by atoms with Crippen LogP contribution < -0.4 is 10.1 Å². The van der Waals surface area contributed by atoms with Gasteiger partial charge in [-0.1, -0.05) is 6.07 Å². The molecule has 0 radical (unpaired) electrons. The maximum atomic E-state index is 11.1. The average molecular weight is 226 g/mol. The summed E-state index contributed by atoms with van der Waals surface area (Å²) in [5.74, 6) is 0.463. The third-order valence-electron chi connectivity index (χ3n) is 1.79. The Morgan fingerprint density at radius 2 is 2.44 bits per heavy atom. The van der Waals surface area contributed by atoms with Gasteiger partial charge in [-0.05, 0) is 6.07 Å². The van der Waals surface area contributed by atoms with Gasteiger partial charge in [0.1, 0.15) is 6.61 Å². The lowest BCUT2D eigenvalue weighted by Crippen LogP contribution is -2.25. The summed E-state index contributed by atoms with van der Waals surface area (Å²) in [6.45, 7) is 0.0565. The number of aliphatic hydroxyl groups excluding tert-OH is 1. The number of alkyl carbamates (subject to hydrolysis) is 1. The number of aromatic nitrogens is 1. The molecular weight excluding hydrogens is 212 g/mol. The van der Waals surface area contributed by atoms with E-state index in [9.17, 15) is 4.79 Å². The second kappa shape index (κ2) is 6.62. The molecule has 1 heterocycles. The lowest BCUT2D eigenvalue weighted by atomic mass is 10.3. The van der Waals surface area contributed by atoms with Crippen molar-refractivity contribution in [1.82, 2.24) is 10.3 Å². The molecule has 1 rings (SSSR count). The van der Waals surface area contributed by atoms with Gasteiger partial charge in [-0.15, -0.1) is 0 Å². The molecule has 2 N–H and O–H groups in total. The summed E-state index contributed by atoms with van der Waals surface area (Å²) in [7, 11) is 1.51. The van der Waals surface area contributed by atoms with Crippen molar-refractivity contribution < 1.29 is 19.4 Å². The van der Waals surface area contributed by atoms with Crippen molar-refractivity contribution in [2.24, 2.45) is 0 Å². The van der Waals surface area contributed by atoms with Crippen molar-refractivity contribution in [3.05, 3.63) is 23.9 Å². The van der Waals surface area contributed by atoms with Crippen LogP contribution >= 0.6 is 0 Å². The van der Waals surface area contributed by atoms with Crippen LogP contribution in [0.1, 0.15) is 5.56 Å². The second-order valence-electron chi connectivity index (χ2n) is 2.88. The van der Waals surface area contributed by atoms with Crippen LogP contribution in [-0.2, 0) is 11.3 Å². The zero-order valence-electron chi connectivity index (χ0n) is 8.97. The molecular formula is C10H14N2O4. The maximum Gasteiger partial charge on any atom is 0.407 e. The van der Waals surface area contributed by atoms with Gasteiger partial charge in [-0.2, -0.15) is 0 Å². The first-order valence-corrected chi connectivity index (χ1v) is 4.77. The highest BCUT2D eigenvalue weighted by Gasteiger charge is 2.05. The van der Waals surface area contributed by atoms with E-state index in [4.69, 9.17) is 9.84 Å². The number of carbonyl (C=O) groups excluding carboxylic acids is 1.